The van der Waals surface area contributed by atoms with Crippen LogP contribution in [0.15, 0.2) is 71.7 Å². The van der Waals surface area contributed by atoms with Crippen LogP contribution in [0, 0.1) is 11.6 Å². The van der Waals surface area contributed by atoms with E-state index in [1.165, 1.54) is 30.3 Å². The Balaban J connectivity index is 1.51. The minimum absolute atomic E-state index is 0.0321. The van der Waals surface area contributed by atoms with Gasteiger partial charge in [-0.3, -0.25) is 4.79 Å². The van der Waals surface area contributed by atoms with Crippen molar-refractivity contribution in [2.75, 3.05) is 11.4 Å². The number of carbonyl (C=O) groups excluding carboxylic acids is 1. The van der Waals surface area contributed by atoms with Gasteiger partial charge in [0.2, 0.25) is 5.96 Å². The van der Waals surface area contributed by atoms with E-state index in [9.17, 15) is 22.4 Å². The maximum atomic E-state index is 15.2. The number of aromatic nitrogens is 1. The Bertz CT molecular complexity index is 1660. The Kier molecular flexibility index (Phi) is 6.35. The molecule has 0 N–H and O–H groups in total. The van der Waals surface area contributed by atoms with E-state index in [0.717, 1.165) is 28.7 Å². The van der Waals surface area contributed by atoms with E-state index in [4.69, 9.17) is 0 Å². The molecule has 1 aromatic heterocycles. The van der Waals surface area contributed by atoms with Gasteiger partial charge in [0.1, 0.15) is 23.1 Å². The number of alkyl halides is 3. The van der Waals surface area contributed by atoms with Crippen LogP contribution in [0.25, 0.3) is 10.9 Å². The first-order chi connectivity index (χ1) is 19.1. The summed E-state index contributed by atoms with van der Waals surface area (Å²) in [6.45, 7) is 2.94. The van der Waals surface area contributed by atoms with Gasteiger partial charge in [-0.15, -0.1) is 0 Å². The number of guanidine groups is 1. The van der Waals surface area contributed by atoms with Crippen LogP contribution in [0.2, 0.25) is 0 Å². The van der Waals surface area contributed by atoms with Crippen LogP contribution in [-0.4, -0.2) is 27.8 Å². The van der Waals surface area contributed by atoms with Crippen LogP contribution in [0.3, 0.4) is 0 Å². The molecule has 5 nitrogen and oxygen atoms in total. The summed E-state index contributed by atoms with van der Waals surface area (Å²) < 4.78 is 72.3. The molecule has 4 aromatic rings. The number of benzene rings is 3. The molecule has 0 radical (unpaired) electrons. The van der Waals surface area contributed by atoms with Gasteiger partial charge in [-0.05, 0) is 48.5 Å². The van der Waals surface area contributed by atoms with E-state index in [1.807, 2.05) is 11.0 Å². The third-order valence-electron chi connectivity index (χ3n) is 7.56. The van der Waals surface area contributed by atoms with Gasteiger partial charge < -0.3 is 14.4 Å². The molecule has 0 spiro atoms. The van der Waals surface area contributed by atoms with Crippen LogP contribution >= 0.6 is 0 Å². The number of rotatable bonds is 4. The summed E-state index contributed by atoms with van der Waals surface area (Å²) in [7, 11) is 0. The van der Waals surface area contributed by atoms with Crippen molar-refractivity contribution in [1.29, 1.82) is 0 Å². The maximum absolute atomic E-state index is 15.2. The van der Waals surface area contributed by atoms with E-state index in [0.29, 0.717) is 25.2 Å². The Hall–Kier alpha value is -4.21. The highest BCUT2D eigenvalue weighted by Crippen LogP contribution is 2.43. The van der Waals surface area contributed by atoms with Crippen molar-refractivity contribution in [3.8, 4) is 0 Å². The second-order valence-corrected chi connectivity index (χ2v) is 10.0. The normalized spacial score (nSPS) is 17.1. The molecule has 1 atom stereocenters. The lowest BCUT2D eigenvalue weighted by Gasteiger charge is -2.43. The zero-order valence-corrected chi connectivity index (χ0v) is 21.6. The van der Waals surface area contributed by atoms with E-state index in [1.54, 1.807) is 30.0 Å². The number of carbonyl (C=O) groups is 1. The summed E-state index contributed by atoms with van der Waals surface area (Å²) in [5.74, 6) is -0.780. The maximum Gasteiger partial charge on any atom is 0.416 e. The van der Waals surface area contributed by atoms with E-state index < -0.39 is 23.6 Å². The molecule has 0 saturated carbocycles. The number of aliphatic imine (C=N–C) groups is 1. The Morgan fingerprint density at radius 1 is 1.00 bits per heavy atom. The van der Waals surface area contributed by atoms with Gasteiger partial charge in [0.15, 0.2) is 0 Å². The topological polar surface area (TPSA) is 40.8 Å². The van der Waals surface area contributed by atoms with Crippen LogP contribution < -0.4 is 4.90 Å². The smallest absolute Gasteiger partial charge is 0.341 e. The number of para-hydroxylation sites is 1. The van der Waals surface area contributed by atoms with Crippen LogP contribution in [0.1, 0.15) is 42.6 Å². The van der Waals surface area contributed by atoms with Gasteiger partial charge in [0.25, 0.3) is 0 Å². The lowest BCUT2D eigenvalue weighted by molar-refractivity contribution is -0.137. The van der Waals surface area contributed by atoms with Crippen molar-refractivity contribution in [2.45, 2.75) is 45.1 Å². The highest BCUT2D eigenvalue weighted by atomic mass is 19.4. The van der Waals surface area contributed by atoms with Crippen LogP contribution in [-0.2, 0) is 24.1 Å². The van der Waals surface area contributed by atoms with Crippen molar-refractivity contribution >= 4 is 34.0 Å². The minimum atomic E-state index is -4.58. The average molecular weight is 553 g/mol. The van der Waals surface area contributed by atoms with Crippen LogP contribution in [0.4, 0.5) is 33.3 Å². The SMILES string of the molecule is CCC(=O)CC1c2cccc(F)c2N=C(N2CCn3c(cc4cc(F)ccc43)C2)N1c1cccc(C(F)(F)F)c1. The zero-order chi connectivity index (χ0) is 28.2. The highest BCUT2D eigenvalue weighted by molar-refractivity contribution is 6.01. The molecule has 3 heterocycles. The molecular weight excluding hydrogens is 527 g/mol. The standard InChI is InChI=1S/C30H25F5N4O/c1-2-23(40)16-27-24-7-4-8-25(32)28(24)36-29(39(27)21-6-3-5-19(15-21)30(33,34)35)37-11-12-38-22(17-37)14-18-13-20(31)9-10-26(18)38/h3-10,13-15,27H,2,11-12,16-17H2,1H3. The molecule has 0 amide bonds. The van der Waals surface area contributed by atoms with Gasteiger partial charge >= 0.3 is 6.18 Å². The Morgan fingerprint density at radius 2 is 1.80 bits per heavy atom. The average Bonchev–Trinajstić information content (AvgIpc) is 3.29. The van der Waals surface area contributed by atoms with Crippen LogP contribution in [0.5, 0.6) is 0 Å². The summed E-state index contributed by atoms with van der Waals surface area (Å²) in [6.07, 6.45) is -4.39. The second kappa shape index (κ2) is 9.76. The van der Waals surface area contributed by atoms with E-state index in [-0.39, 0.29) is 41.8 Å². The fourth-order valence-electron chi connectivity index (χ4n) is 5.62. The molecule has 0 saturated heterocycles. The van der Waals surface area contributed by atoms with Gasteiger partial charge in [-0.1, -0.05) is 25.1 Å². The first-order valence-electron chi connectivity index (χ1n) is 13.0. The second-order valence-electron chi connectivity index (χ2n) is 10.0. The molecule has 1 unspecified atom stereocenters. The minimum Gasteiger partial charge on any atom is -0.341 e. The number of hydrogen-bond acceptors (Lipinski definition) is 4. The molecule has 40 heavy (non-hydrogen) atoms. The van der Waals surface area contributed by atoms with E-state index in [2.05, 4.69) is 9.56 Å². The summed E-state index contributed by atoms with van der Waals surface area (Å²) in [4.78, 5) is 20.9. The number of hydrogen-bond donors (Lipinski definition) is 0. The lowest BCUT2D eigenvalue weighted by atomic mass is 9.94. The predicted molar refractivity (Wildman–Crippen MR) is 142 cm³/mol. The number of Topliss-reactive ketones (excluding diaryl/α,β-unsaturated/α-hetero) is 1. The lowest BCUT2D eigenvalue weighted by Crippen LogP contribution is -2.50. The van der Waals surface area contributed by atoms with Gasteiger partial charge in [0.05, 0.1) is 18.2 Å². The number of fused-ring (bicyclic) bond motifs is 4. The first kappa shape index (κ1) is 26.0. The largest absolute Gasteiger partial charge is 0.416 e. The van der Waals surface area contributed by atoms with Gasteiger partial charge in [-0.25, -0.2) is 13.8 Å². The number of nitrogens with zero attached hydrogens (tertiary/aromatic N) is 4. The number of halogens is 5. The fraction of sp³-hybridized carbons (Fsp3) is 0.267. The molecule has 0 aliphatic carbocycles. The fourth-order valence-corrected chi connectivity index (χ4v) is 5.62. The summed E-state index contributed by atoms with van der Waals surface area (Å²) in [5, 5.41) is 0.736. The summed E-state index contributed by atoms with van der Waals surface area (Å²) in [6, 6.07) is 15.0. The molecule has 206 valence electrons. The Labute approximate surface area is 227 Å². The number of ketones is 1. The Morgan fingerprint density at radius 3 is 2.58 bits per heavy atom. The van der Waals surface area contributed by atoms with Crippen molar-refractivity contribution in [2.24, 2.45) is 4.99 Å². The van der Waals surface area contributed by atoms with Crippen molar-refractivity contribution in [1.82, 2.24) is 9.47 Å². The van der Waals surface area contributed by atoms with Crippen molar-refractivity contribution in [3.63, 3.8) is 0 Å². The predicted octanol–water partition coefficient (Wildman–Crippen LogP) is 7.37. The molecule has 0 fully saturated rings. The summed E-state index contributed by atoms with van der Waals surface area (Å²) >= 11 is 0. The zero-order valence-electron chi connectivity index (χ0n) is 21.6. The highest BCUT2D eigenvalue weighted by Gasteiger charge is 2.38. The molecule has 6 rings (SSSR count). The monoisotopic (exact) mass is 552 g/mol. The third-order valence-corrected chi connectivity index (χ3v) is 7.56. The van der Waals surface area contributed by atoms with Crippen molar-refractivity contribution in [3.05, 3.63) is 95.2 Å². The molecule has 10 heteroatoms. The summed E-state index contributed by atoms with van der Waals surface area (Å²) in [5.41, 5.74) is 1.60. The first-order valence-corrected chi connectivity index (χ1v) is 13.0. The van der Waals surface area contributed by atoms with Crippen molar-refractivity contribution < 1.29 is 26.7 Å². The quantitative estimate of drug-likeness (QED) is 0.248. The van der Waals surface area contributed by atoms with Gasteiger partial charge in [0, 0.05) is 53.8 Å². The molecule has 0 bridgehead atoms. The van der Waals surface area contributed by atoms with Gasteiger partial charge in [-0.2, -0.15) is 13.2 Å². The molecule has 2 aliphatic heterocycles. The number of anilines is 1. The third kappa shape index (κ3) is 4.51. The van der Waals surface area contributed by atoms with E-state index >= 15 is 4.39 Å². The molecular formula is C30H25F5N4O. The molecule has 2 aliphatic rings. The molecule has 3 aromatic carbocycles.